The van der Waals surface area contributed by atoms with Crippen molar-refractivity contribution in [3.05, 3.63) is 35.4 Å². The van der Waals surface area contributed by atoms with Gasteiger partial charge in [-0.2, -0.15) is 13.2 Å². The van der Waals surface area contributed by atoms with Gasteiger partial charge in [-0.15, -0.1) is 0 Å². The molecule has 2 atom stereocenters. The van der Waals surface area contributed by atoms with Crippen molar-refractivity contribution in [3.8, 4) is 0 Å². The minimum Gasteiger partial charge on any atom is -0.388 e. The Morgan fingerprint density at radius 1 is 1.14 bits per heavy atom. The van der Waals surface area contributed by atoms with Crippen LogP contribution in [0.5, 0.6) is 0 Å². The molecule has 0 aromatic heterocycles. The monoisotopic (exact) mass is 303 g/mol. The Balaban J connectivity index is 1.87. The van der Waals surface area contributed by atoms with Gasteiger partial charge in [0.05, 0.1) is 17.8 Å². The van der Waals surface area contributed by atoms with E-state index in [4.69, 9.17) is 0 Å². The normalized spacial score (nSPS) is 22.6. The van der Waals surface area contributed by atoms with Crippen LogP contribution in [0.15, 0.2) is 24.3 Å². The van der Waals surface area contributed by atoms with Crippen molar-refractivity contribution in [1.29, 1.82) is 0 Å². The van der Waals surface area contributed by atoms with Gasteiger partial charge in [-0.1, -0.05) is 12.1 Å². The molecule has 116 valence electrons. The highest BCUT2D eigenvalue weighted by molar-refractivity contribution is 5.76. The quantitative estimate of drug-likeness (QED) is 0.882. The van der Waals surface area contributed by atoms with Crippen molar-refractivity contribution in [1.82, 2.24) is 4.90 Å². The number of hydrogen-bond acceptors (Lipinski definition) is 3. The minimum atomic E-state index is -4.36. The Labute approximate surface area is 119 Å². The van der Waals surface area contributed by atoms with Crippen LogP contribution >= 0.6 is 0 Å². The standard InChI is InChI=1S/C14H16F3NO3/c15-14(16,17)10-4-1-9(2-5-10)3-6-13(21)18-7-11(19)12(20)8-18/h1-2,4-5,11-12,19-20H,3,6-8H2/t11-,12-/m0/s1. The Hall–Kier alpha value is -1.60. The number of carbonyl (C=O) groups excluding carboxylic acids is 1. The molecule has 1 aliphatic rings. The number of hydrogen-bond donors (Lipinski definition) is 2. The number of carbonyl (C=O) groups is 1. The van der Waals surface area contributed by atoms with Crippen molar-refractivity contribution in [3.63, 3.8) is 0 Å². The Bertz CT molecular complexity index is 491. The smallest absolute Gasteiger partial charge is 0.388 e. The lowest BCUT2D eigenvalue weighted by molar-refractivity contribution is -0.137. The number of halogens is 3. The molecule has 7 heteroatoms. The molecule has 1 saturated heterocycles. The van der Waals surface area contributed by atoms with E-state index in [2.05, 4.69) is 0 Å². The van der Waals surface area contributed by atoms with Gasteiger partial charge < -0.3 is 15.1 Å². The first kappa shape index (κ1) is 15.8. The van der Waals surface area contributed by atoms with E-state index in [9.17, 15) is 28.2 Å². The average molecular weight is 303 g/mol. The number of nitrogens with zero attached hydrogens (tertiary/aromatic N) is 1. The van der Waals surface area contributed by atoms with E-state index in [0.717, 1.165) is 12.1 Å². The van der Waals surface area contributed by atoms with E-state index in [0.29, 0.717) is 12.0 Å². The zero-order chi connectivity index (χ0) is 15.6. The van der Waals surface area contributed by atoms with Gasteiger partial charge in [0.1, 0.15) is 0 Å². The maximum Gasteiger partial charge on any atom is 0.416 e. The summed E-state index contributed by atoms with van der Waals surface area (Å²) in [6.07, 6.45) is -5.78. The fourth-order valence-electron chi connectivity index (χ4n) is 2.24. The molecule has 1 aromatic rings. The average Bonchev–Trinajstić information content (AvgIpc) is 2.75. The van der Waals surface area contributed by atoms with Crippen molar-refractivity contribution in [2.24, 2.45) is 0 Å². The first-order chi connectivity index (χ1) is 9.77. The molecule has 1 fully saturated rings. The van der Waals surface area contributed by atoms with Crippen LogP contribution in [0.4, 0.5) is 13.2 Å². The van der Waals surface area contributed by atoms with Crippen LogP contribution in [0.25, 0.3) is 0 Å². The molecule has 2 N–H and O–H groups in total. The number of aryl methyl sites for hydroxylation is 1. The third-order valence-electron chi connectivity index (χ3n) is 3.52. The lowest BCUT2D eigenvalue weighted by Gasteiger charge is -2.15. The number of benzene rings is 1. The van der Waals surface area contributed by atoms with Crippen LogP contribution in [0.3, 0.4) is 0 Å². The Morgan fingerprint density at radius 2 is 1.67 bits per heavy atom. The zero-order valence-corrected chi connectivity index (χ0v) is 11.2. The second kappa shape index (κ2) is 6.03. The van der Waals surface area contributed by atoms with Crippen molar-refractivity contribution >= 4 is 5.91 Å². The second-order valence-electron chi connectivity index (χ2n) is 5.13. The number of alkyl halides is 3. The molecular weight excluding hydrogens is 287 g/mol. The van der Waals surface area contributed by atoms with E-state index in [1.54, 1.807) is 0 Å². The lowest BCUT2D eigenvalue weighted by Crippen LogP contribution is -2.29. The highest BCUT2D eigenvalue weighted by atomic mass is 19.4. The topological polar surface area (TPSA) is 60.8 Å². The number of rotatable bonds is 3. The second-order valence-corrected chi connectivity index (χ2v) is 5.13. The summed E-state index contributed by atoms with van der Waals surface area (Å²) in [4.78, 5) is 13.2. The van der Waals surface area contributed by atoms with Gasteiger partial charge in [0.25, 0.3) is 0 Å². The number of amides is 1. The summed E-state index contributed by atoms with van der Waals surface area (Å²) in [6, 6.07) is 4.68. The Kier molecular flexibility index (Phi) is 4.53. The van der Waals surface area contributed by atoms with E-state index < -0.39 is 23.9 Å². The first-order valence-corrected chi connectivity index (χ1v) is 6.57. The predicted octanol–water partition coefficient (Wildman–Crippen LogP) is 1.20. The van der Waals surface area contributed by atoms with Gasteiger partial charge in [-0.05, 0) is 24.1 Å². The van der Waals surface area contributed by atoms with Crippen molar-refractivity contribution < 1.29 is 28.2 Å². The zero-order valence-electron chi connectivity index (χ0n) is 11.2. The van der Waals surface area contributed by atoms with Gasteiger partial charge >= 0.3 is 6.18 Å². The molecule has 21 heavy (non-hydrogen) atoms. The van der Waals surface area contributed by atoms with E-state index in [-0.39, 0.29) is 25.4 Å². The van der Waals surface area contributed by atoms with Crippen LogP contribution in [0.1, 0.15) is 17.5 Å². The van der Waals surface area contributed by atoms with Gasteiger partial charge in [-0.25, -0.2) is 0 Å². The fourth-order valence-corrected chi connectivity index (χ4v) is 2.24. The van der Waals surface area contributed by atoms with Crippen LogP contribution in [0.2, 0.25) is 0 Å². The summed E-state index contributed by atoms with van der Waals surface area (Å²) in [6.45, 7) is 0.181. The molecular formula is C14H16F3NO3. The maximum atomic E-state index is 12.4. The van der Waals surface area contributed by atoms with Gasteiger partial charge in [-0.3, -0.25) is 4.79 Å². The number of likely N-dealkylation sites (tertiary alicyclic amines) is 1. The minimum absolute atomic E-state index is 0.0903. The third-order valence-corrected chi connectivity index (χ3v) is 3.52. The fraction of sp³-hybridized carbons (Fsp3) is 0.500. The largest absolute Gasteiger partial charge is 0.416 e. The predicted molar refractivity (Wildman–Crippen MR) is 68.4 cm³/mol. The summed E-state index contributed by atoms with van der Waals surface area (Å²) in [5, 5.41) is 18.7. The van der Waals surface area contributed by atoms with E-state index in [1.807, 2.05) is 0 Å². The molecule has 4 nitrogen and oxygen atoms in total. The summed E-state index contributed by atoms with van der Waals surface area (Å²) in [5.41, 5.74) is -0.0833. The van der Waals surface area contributed by atoms with Crippen LogP contribution < -0.4 is 0 Å². The molecule has 1 amide bonds. The molecule has 0 unspecified atom stereocenters. The molecule has 1 aromatic carbocycles. The van der Waals surface area contributed by atoms with Crippen LogP contribution in [0, 0.1) is 0 Å². The lowest BCUT2D eigenvalue weighted by atomic mass is 10.1. The molecule has 2 rings (SSSR count). The molecule has 0 radical (unpaired) electrons. The number of aliphatic hydroxyl groups is 2. The molecule has 1 heterocycles. The molecule has 0 aliphatic carbocycles. The maximum absolute atomic E-state index is 12.4. The van der Waals surface area contributed by atoms with E-state index >= 15 is 0 Å². The SMILES string of the molecule is O=C(CCc1ccc(C(F)(F)F)cc1)N1C[C@H](O)[C@@H](O)C1. The molecule has 0 spiro atoms. The Morgan fingerprint density at radius 3 is 2.14 bits per heavy atom. The molecule has 0 saturated carbocycles. The van der Waals surface area contributed by atoms with Crippen molar-refractivity contribution in [2.45, 2.75) is 31.2 Å². The third kappa shape index (κ3) is 3.95. The highest BCUT2D eigenvalue weighted by Crippen LogP contribution is 2.29. The van der Waals surface area contributed by atoms with Gasteiger partial charge in [0.15, 0.2) is 0 Å². The van der Waals surface area contributed by atoms with Crippen LogP contribution in [-0.2, 0) is 17.4 Å². The first-order valence-electron chi connectivity index (χ1n) is 6.57. The number of β-amino-alcohol motifs (C(OH)–C–C–N with tert-alkyl or cyclic N) is 2. The number of aliphatic hydroxyl groups excluding tert-OH is 2. The van der Waals surface area contributed by atoms with Crippen molar-refractivity contribution in [2.75, 3.05) is 13.1 Å². The summed E-state index contributed by atoms with van der Waals surface area (Å²) >= 11 is 0. The van der Waals surface area contributed by atoms with Gasteiger partial charge in [0, 0.05) is 19.5 Å². The summed E-state index contributed by atoms with van der Waals surface area (Å²) in [5.74, 6) is -0.231. The van der Waals surface area contributed by atoms with E-state index in [1.165, 1.54) is 17.0 Å². The summed E-state index contributed by atoms with van der Waals surface area (Å²) in [7, 11) is 0. The molecule has 1 aliphatic heterocycles. The molecule has 0 bridgehead atoms. The van der Waals surface area contributed by atoms with Crippen LogP contribution in [-0.4, -0.2) is 46.3 Å². The summed E-state index contributed by atoms with van der Waals surface area (Å²) < 4.78 is 37.2. The van der Waals surface area contributed by atoms with Gasteiger partial charge in [0.2, 0.25) is 5.91 Å². The highest BCUT2D eigenvalue weighted by Gasteiger charge is 2.32.